The molecule has 30 heavy (non-hydrogen) atoms. The van der Waals surface area contributed by atoms with Crippen molar-refractivity contribution in [2.75, 3.05) is 13.1 Å². The third kappa shape index (κ3) is 4.29. The van der Waals surface area contributed by atoms with Gasteiger partial charge in [0.1, 0.15) is 5.60 Å². The Morgan fingerprint density at radius 1 is 1.10 bits per heavy atom. The minimum absolute atomic E-state index is 0.0203. The predicted octanol–water partition coefficient (Wildman–Crippen LogP) is 5.17. The minimum atomic E-state index is -0.955. The van der Waals surface area contributed by atoms with Gasteiger partial charge in [-0.05, 0) is 65.9 Å². The van der Waals surface area contributed by atoms with E-state index in [0.29, 0.717) is 37.2 Å². The number of nitrogens with zero attached hydrogens (tertiary/aromatic N) is 2. The van der Waals surface area contributed by atoms with E-state index in [4.69, 9.17) is 0 Å². The molecule has 2 heterocycles. The summed E-state index contributed by atoms with van der Waals surface area (Å²) in [5.41, 5.74) is 1.61. The molecule has 3 aromatic rings. The normalized spacial score (nSPS) is 16.3. The van der Waals surface area contributed by atoms with Crippen LogP contribution in [0, 0.1) is 0 Å². The van der Waals surface area contributed by atoms with Crippen LogP contribution in [0.2, 0.25) is 0 Å². The monoisotopic (exact) mass is 400 g/mol. The van der Waals surface area contributed by atoms with Crippen LogP contribution in [-0.4, -0.2) is 34.0 Å². The molecule has 0 spiro atoms. The zero-order valence-electron chi connectivity index (χ0n) is 17.4. The largest absolute Gasteiger partial charge is 0.383 e. The topological polar surface area (TPSA) is 53.4 Å². The highest BCUT2D eigenvalue weighted by Gasteiger charge is 2.36. The van der Waals surface area contributed by atoms with Crippen molar-refractivity contribution in [3.05, 3.63) is 83.7 Å². The summed E-state index contributed by atoms with van der Waals surface area (Å²) in [6.45, 7) is 3.21. The summed E-state index contributed by atoms with van der Waals surface area (Å²) in [6, 6.07) is 17.8. The van der Waals surface area contributed by atoms with Gasteiger partial charge in [-0.1, -0.05) is 49.8 Å². The average molecular weight is 401 g/mol. The number of aromatic nitrogens is 1. The quantitative estimate of drug-likeness (QED) is 0.643. The summed E-state index contributed by atoms with van der Waals surface area (Å²) in [4.78, 5) is 19.2. The zero-order chi connectivity index (χ0) is 21.0. The van der Waals surface area contributed by atoms with Gasteiger partial charge in [-0.2, -0.15) is 0 Å². The standard InChI is InChI=1S/C26H28N2O2/c1-2-3-4-7-20-9-10-22-19-23(12-11-21(22)18-20)25(29)28-16-13-26(30,14-17-28)24-8-5-6-15-27-24/h4-12,15,18-19,30H,2-3,13-14,16-17H2,1H3/b7-4+. The number of hydrogen-bond acceptors (Lipinski definition) is 3. The van der Waals surface area contributed by atoms with Gasteiger partial charge in [0.2, 0.25) is 0 Å². The smallest absolute Gasteiger partial charge is 0.253 e. The van der Waals surface area contributed by atoms with Gasteiger partial charge < -0.3 is 10.0 Å². The first kappa shape index (κ1) is 20.3. The number of benzene rings is 2. The molecule has 1 N–H and O–H groups in total. The Balaban J connectivity index is 1.46. The first-order chi connectivity index (χ1) is 14.6. The summed E-state index contributed by atoms with van der Waals surface area (Å²) < 4.78 is 0. The molecule has 4 heteroatoms. The fraction of sp³-hybridized carbons (Fsp3) is 0.308. The Hall–Kier alpha value is -2.98. The maximum atomic E-state index is 13.0. The summed E-state index contributed by atoms with van der Waals surface area (Å²) in [5, 5.41) is 13.1. The van der Waals surface area contributed by atoms with Crippen LogP contribution in [0.1, 0.15) is 54.2 Å². The highest BCUT2D eigenvalue weighted by molar-refractivity contribution is 5.99. The van der Waals surface area contributed by atoms with Crippen molar-refractivity contribution in [3.8, 4) is 0 Å². The molecule has 4 rings (SSSR count). The summed E-state index contributed by atoms with van der Waals surface area (Å²) in [7, 11) is 0. The first-order valence-corrected chi connectivity index (χ1v) is 10.7. The third-order valence-electron chi connectivity index (χ3n) is 5.90. The van der Waals surface area contributed by atoms with Crippen molar-refractivity contribution in [1.82, 2.24) is 9.88 Å². The summed E-state index contributed by atoms with van der Waals surface area (Å²) >= 11 is 0. The summed E-state index contributed by atoms with van der Waals surface area (Å²) in [5.74, 6) is 0.0203. The molecule has 1 saturated heterocycles. The Kier molecular flexibility index (Phi) is 5.96. The molecule has 0 saturated carbocycles. The molecular weight excluding hydrogens is 372 g/mol. The van der Waals surface area contributed by atoms with Crippen LogP contribution in [0.5, 0.6) is 0 Å². The number of fused-ring (bicyclic) bond motifs is 1. The Morgan fingerprint density at radius 3 is 2.60 bits per heavy atom. The van der Waals surface area contributed by atoms with Crippen LogP contribution in [0.15, 0.2) is 66.9 Å². The maximum absolute atomic E-state index is 13.0. The number of allylic oxidation sites excluding steroid dienone is 1. The fourth-order valence-electron chi connectivity index (χ4n) is 4.04. The SMILES string of the molecule is CCC/C=C/c1ccc2cc(C(=O)N3CCC(O)(c4ccccn4)CC3)ccc2c1. The first-order valence-electron chi connectivity index (χ1n) is 10.7. The molecule has 0 unspecified atom stereocenters. The number of aliphatic hydroxyl groups is 1. The van der Waals surface area contributed by atoms with Gasteiger partial charge in [0.15, 0.2) is 0 Å². The number of unbranched alkanes of at least 4 members (excludes halogenated alkanes) is 1. The van der Waals surface area contributed by atoms with E-state index in [2.05, 4.69) is 42.3 Å². The number of likely N-dealkylation sites (tertiary alicyclic amines) is 1. The highest BCUT2D eigenvalue weighted by atomic mass is 16.3. The van der Waals surface area contributed by atoms with Crippen molar-refractivity contribution in [3.63, 3.8) is 0 Å². The summed E-state index contributed by atoms with van der Waals surface area (Å²) in [6.07, 6.45) is 9.26. The molecule has 2 aromatic carbocycles. The lowest BCUT2D eigenvalue weighted by Crippen LogP contribution is -2.45. The second-order valence-corrected chi connectivity index (χ2v) is 8.05. The van der Waals surface area contributed by atoms with Crippen LogP contribution >= 0.6 is 0 Å². The van der Waals surface area contributed by atoms with E-state index in [1.807, 2.05) is 41.3 Å². The van der Waals surface area contributed by atoms with Crippen LogP contribution in [0.25, 0.3) is 16.8 Å². The lowest BCUT2D eigenvalue weighted by atomic mass is 9.87. The predicted molar refractivity (Wildman–Crippen MR) is 121 cm³/mol. The number of carbonyl (C=O) groups excluding carboxylic acids is 1. The number of carbonyl (C=O) groups is 1. The van der Waals surface area contributed by atoms with E-state index in [1.54, 1.807) is 6.20 Å². The van der Waals surface area contributed by atoms with Crippen molar-refractivity contribution in [2.45, 2.75) is 38.2 Å². The Labute approximate surface area is 177 Å². The van der Waals surface area contributed by atoms with Crippen molar-refractivity contribution in [2.24, 2.45) is 0 Å². The average Bonchev–Trinajstić information content (AvgIpc) is 2.79. The molecular formula is C26H28N2O2. The molecule has 0 atom stereocenters. The molecule has 0 radical (unpaired) electrons. The van der Waals surface area contributed by atoms with E-state index < -0.39 is 5.60 Å². The molecule has 154 valence electrons. The van der Waals surface area contributed by atoms with Crippen LogP contribution in [0.3, 0.4) is 0 Å². The number of amides is 1. The van der Waals surface area contributed by atoms with Gasteiger partial charge in [-0.25, -0.2) is 0 Å². The second-order valence-electron chi connectivity index (χ2n) is 8.05. The molecule has 4 nitrogen and oxygen atoms in total. The number of hydrogen-bond donors (Lipinski definition) is 1. The molecule has 1 aliphatic heterocycles. The Bertz CT molecular complexity index is 1050. The number of piperidine rings is 1. The highest BCUT2D eigenvalue weighted by Crippen LogP contribution is 2.32. The molecule has 0 aliphatic carbocycles. The minimum Gasteiger partial charge on any atom is -0.383 e. The fourth-order valence-corrected chi connectivity index (χ4v) is 4.04. The molecule has 0 bridgehead atoms. The van der Waals surface area contributed by atoms with E-state index >= 15 is 0 Å². The number of pyridine rings is 1. The van der Waals surface area contributed by atoms with Gasteiger partial charge in [0, 0.05) is 24.8 Å². The third-order valence-corrected chi connectivity index (χ3v) is 5.90. The van der Waals surface area contributed by atoms with Crippen molar-refractivity contribution in [1.29, 1.82) is 0 Å². The maximum Gasteiger partial charge on any atom is 0.253 e. The van der Waals surface area contributed by atoms with Crippen LogP contribution in [-0.2, 0) is 5.60 Å². The molecule has 1 aliphatic rings. The van der Waals surface area contributed by atoms with Gasteiger partial charge in [-0.3, -0.25) is 9.78 Å². The van der Waals surface area contributed by atoms with E-state index in [9.17, 15) is 9.90 Å². The zero-order valence-corrected chi connectivity index (χ0v) is 17.4. The molecule has 1 amide bonds. The lowest BCUT2D eigenvalue weighted by molar-refractivity contribution is -0.0244. The molecule has 1 fully saturated rings. The lowest BCUT2D eigenvalue weighted by Gasteiger charge is -2.37. The van der Waals surface area contributed by atoms with E-state index in [-0.39, 0.29) is 5.91 Å². The van der Waals surface area contributed by atoms with Gasteiger partial charge >= 0.3 is 0 Å². The number of rotatable bonds is 5. The van der Waals surface area contributed by atoms with Gasteiger partial charge in [0.05, 0.1) is 5.69 Å². The second kappa shape index (κ2) is 8.80. The Morgan fingerprint density at radius 2 is 1.87 bits per heavy atom. The van der Waals surface area contributed by atoms with Crippen LogP contribution in [0.4, 0.5) is 0 Å². The molecule has 1 aromatic heterocycles. The van der Waals surface area contributed by atoms with E-state index in [1.165, 1.54) is 5.56 Å². The van der Waals surface area contributed by atoms with Gasteiger partial charge in [0.25, 0.3) is 5.91 Å². The van der Waals surface area contributed by atoms with Crippen molar-refractivity contribution < 1.29 is 9.90 Å². The van der Waals surface area contributed by atoms with Crippen molar-refractivity contribution >= 4 is 22.8 Å². The van der Waals surface area contributed by atoms with E-state index in [0.717, 1.165) is 23.6 Å². The van der Waals surface area contributed by atoms with Gasteiger partial charge in [-0.15, -0.1) is 0 Å². The van der Waals surface area contributed by atoms with Crippen LogP contribution < -0.4 is 0 Å².